The molecule has 23 heteroatoms. The number of anilines is 2. The molecule has 4 aromatic rings. The molecule has 7 rings (SSSR count). The van der Waals surface area contributed by atoms with Gasteiger partial charge in [0.1, 0.15) is 48.5 Å². The lowest BCUT2D eigenvalue weighted by atomic mass is 10.1. The van der Waals surface area contributed by atoms with Crippen molar-refractivity contribution in [1.29, 1.82) is 0 Å². The molecule has 4 aromatic heterocycles. The fourth-order valence-electron chi connectivity index (χ4n) is 5.70. The van der Waals surface area contributed by atoms with Gasteiger partial charge < -0.3 is 35.1 Å². The second-order valence-corrected chi connectivity index (χ2v) is 15.0. The predicted octanol–water partition coefficient (Wildman–Crippen LogP) is 1.42. The van der Waals surface area contributed by atoms with Gasteiger partial charge >= 0.3 is 15.4 Å². The number of ether oxygens (including phenoxy) is 3. The average molecular weight is 705 g/mol. The molecule has 3 fully saturated rings. The van der Waals surface area contributed by atoms with Crippen LogP contribution in [0.1, 0.15) is 17.2 Å². The van der Waals surface area contributed by atoms with Crippen LogP contribution in [-0.2, 0) is 41.4 Å². The Balaban J connectivity index is 1.22. The SMILES string of the molecule is CO[C@H]1[C@H]2OP(C)(=O)OC[C@H]3O[C@@H](n4cnc5c(N)ncnc54)[C@H](F)[C@@H]3OP(=O)(O)OC[C@H]1O[C@H]2c1scc2c(=O)[nH]c(N)nc12. The van der Waals surface area contributed by atoms with Crippen LogP contribution in [-0.4, -0.2) is 98.1 Å². The molecule has 10 atom stereocenters. The van der Waals surface area contributed by atoms with Gasteiger partial charge in [-0.1, -0.05) is 0 Å². The van der Waals surface area contributed by atoms with Gasteiger partial charge in [-0.25, -0.2) is 28.9 Å². The highest BCUT2D eigenvalue weighted by Gasteiger charge is 2.54. The summed E-state index contributed by atoms with van der Waals surface area (Å²) < 4.78 is 84.1. The number of aromatic amines is 1. The normalized spacial score (nSPS) is 37.1. The van der Waals surface area contributed by atoms with E-state index in [4.69, 9.17) is 43.8 Å². The van der Waals surface area contributed by atoms with E-state index in [1.165, 1.54) is 24.7 Å². The molecular formula is C23H27FN8O11P2S. The highest BCUT2D eigenvalue weighted by atomic mass is 32.1. The van der Waals surface area contributed by atoms with Gasteiger partial charge in [-0.2, -0.15) is 0 Å². The largest absolute Gasteiger partial charge is 0.472 e. The molecule has 7 heterocycles. The zero-order chi connectivity index (χ0) is 32.5. The highest BCUT2D eigenvalue weighted by molar-refractivity contribution is 7.53. The molecule has 19 nitrogen and oxygen atoms in total. The number of hydrogen-bond acceptors (Lipinski definition) is 17. The zero-order valence-corrected chi connectivity index (χ0v) is 26.5. The van der Waals surface area contributed by atoms with Crippen LogP contribution < -0.4 is 17.0 Å². The number of phosphoric acid groups is 1. The minimum atomic E-state index is -5.02. The molecule has 0 radical (unpaired) electrons. The second-order valence-electron chi connectivity index (χ2n) is 10.7. The maximum atomic E-state index is 16.0. The first-order valence-electron chi connectivity index (χ1n) is 13.6. The van der Waals surface area contributed by atoms with Gasteiger partial charge in [-0.05, 0) is 0 Å². The van der Waals surface area contributed by atoms with Gasteiger partial charge in [-0.3, -0.25) is 32.5 Å². The summed E-state index contributed by atoms with van der Waals surface area (Å²) in [6.45, 7) is -0.0191. The number of aromatic nitrogens is 6. The zero-order valence-electron chi connectivity index (χ0n) is 23.9. The van der Waals surface area contributed by atoms with Crippen LogP contribution >= 0.6 is 26.8 Å². The van der Waals surface area contributed by atoms with Gasteiger partial charge in [0.15, 0.2) is 23.9 Å². The van der Waals surface area contributed by atoms with Crippen LogP contribution in [0.2, 0.25) is 0 Å². The standard InChI is InChI=1S/C23H27FN8O11P2S/c1-37-15-10-4-39-45(35,36)43-14-9(41-22(11(14)24)32-7-29-13-19(25)27-6-28-20(13)32)3-38-44(2,34)42-16(15)17(40-10)18-12-8(5-46-18)21(33)31-23(26)30-12/h5-7,9-11,14-17,22H,3-4H2,1-2H3,(H,35,36)(H2,25,27,28)(H3,26,30,31,33)/t9-,10-,11-,14-,15-,16-,17-,22-,44?/m1/s1. The minimum absolute atomic E-state index is 0.0442. The summed E-state index contributed by atoms with van der Waals surface area (Å²) in [5.41, 5.74) is 11.7. The first-order chi connectivity index (χ1) is 21.9. The number of imidazole rings is 1. The molecule has 3 saturated heterocycles. The Bertz CT molecular complexity index is 1960. The number of rotatable bonds is 3. The monoisotopic (exact) mass is 704 g/mol. The third-order valence-corrected chi connectivity index (χ3v) is 11.0. The van der Waals surface area contributed by atoms with Crippen molar-refractivity contribution in [2.45, 2.75) is 49.0 Å². The van der Waals surface area contributed by atoms with Crippen molar-refractivity contribution in [2.24, 2.45) is 0 Å². The lowest BCUT2D eigenvalue weighted by Gasteiger charge is -2.27. The molecule has 0 spiro atoms. The van der Waals surface area contributed by atoms with Crippen molar-refractivity contribution >= 4 is 60.6 Å². The minimum Gasteiger partial charge on any atom is -0.382 e. The number of thiophene rings is 1. The Labute approximate surface area is 261 Å². The number of nitrogens with zero attached hydrogens (tertiary/aromatic N) is 5. The van der Waals surface area contributed by atoms with Crippen molar-refractivity contribution in [3.8, 4) is 0 Å². The van der Waals surface area contributed by atoms with Gasteiger partial charge in [0.2, 0.25) is 5.95 Å². The van der Waals surface area contributed by atoms with Crippen LogP contribution in [0.5, 0.6) is 0 Å². The predicted molar refractivity (Wildman–Crippen MR) is 157 cm³/mol. The molecular weight excluding hydrogens is 677 g/mol. The van der Waals surface area contributed by atoms with Crippen molar-refractivity contribution in [3.63, 3.8) is 0 Å². The Morgan fingerprint density at radius 3 is 2.67 bits per heavy atom. The van der Waals surface area contributed by atoms with Crippen LogP contribution in [0.25, 0.3) is 22.1 Å². The van der Waals surface area contributed by atoms with Gasteiger partial charge in [0.05, 0.1) is 35.3 Å². The third-order valence-electron chi connectivity index (χ3n) is 7.72. The number of hydrogen-bond donors (Lipinski definition) is 4. The summed E-state index contributed by atoms with van der Waals surface area (Å²) in [5.74, 6) is -0.0984. The molecule has 248 valence electrons. The first-order valence-corrected chi connectivity index (χ1v) is 18.0. The van der Waals surface area contributed by atoms with Gasteiger partial charge in [0, 0.05) is 19.2 Å². The second kappa shape index (κ2) is 11.6. The summed E-state index contributed by atoms with van der Waals surface area (Å²) >= 11 is 1.11. The van der Waals surface area contributed by atoms with Crippen molar-refractivity contribution in [2.75, 3.05) is 38.5 Å². The summed E-state index contributed by atoms with van der Waals surface area (Å²) in [5, 5.41) is 1.77. The van der Waals surface area contributed by atoms with E-state index in [0.717, 1.165) is 17.7 Å². The van der Waals surface area contributed by atoms with E-state index < -0.39 is 83.2 Å². The van der Waals surface area contributed by atoms with Crippen molar-refractivity contribution in [3.05, 3.63) is 33.3 Å². The summed E-state index contributed by atoms with van der Waals surface area (Å²) in [4.78, 5) is 42.3. The van der Waals surface area contributed by atoms with Crippen LogP contribution in [0.3, 0.4) is 0 Å². The summed E-state index contributed by atoms with van der Waals surface area (Å²) in [7, 11) is -7.74. The fourth-order valence-corrected chi connectivity index (χ4v) is 8.86. The van der Waals surface area contributed by atoms with Crippen molar-refractivity contribution < 1.29 is 50.7 Å². The maximum absolute atomic E-state index is 16.0. The molecule has 3 aliphatic rings. The number of fused-ring (bicyclic) bond motifs is 5. The molecule has 46 heavy (non-hydrogen) atoms. The van der Waals surface area contributed by atoms with E-state index >= 15 is 4.39 Å². The van der Waals surface area contributed by atoms with E-state index in [1.54, 1.807) is 5.38 Å². The Kier molecular flexibility index (Phi) is 8.01. The number of alkyl halides is 1. The van der Waals surface area contributed by atoms with Crippen molar-refractivity contribution in [1.82, 2.24) is 29.5 Å². The number of nitrogen functional groups attached to an aromatic ring is 2. The lowest BCUT2D eigenvalue weighted by Crippen LogP contribution is -2.36. The molecule has 0 saturated carbocycles. The third kappa shape index (κ3) is 5.54. The van der Waals surface area contributed by atoms with Gasteiger partial charge in [-0.15, -0.1) is 11.3 Å². The number of nitrogens with one attached hydrogen (secondary N) is 1. The molecule has 3 aliphatic heterocycles. The number of phosphoric ester groups is 1. The molecule has 0 aliphatic carbocycles. The first kappa shape index (κ1) is 31.6. The Morgan fingerprint density at radius 1 is 1.11 bits per heavy atom. The molecule has 0 amide bonds. The number of H-pyrrole nitrogens is 1. The fraction of sp³-hybridized carbons (Fsp3) is 0.522. The number of methoxy groups -OCH3 is 1. The van der Waals surface area contributed by atoms with Crippen LogP contribution in [0.15, 0.2) is 22.8 Å². The topological polar surface area (TPSA) is 260 Å². The maximum Gasteiger partial charge on any atom is 0.472 e. The van der Waals surface area contributed by atoms with Gasteiger partial charge in [0.25, 0.3) is 5.56 Å². The Morgan fingerprint density at radius 2 is 1.89 bits per heavy atom. The van der Waals surface area contributed by atoms with E-state index in [1.807, 2.05) is 0 Å². The summed E-state index contributed by atoms with van der Waals surface area (Å²) in [6.07, 6.45) is -8.67. The highest BCUT2D eigenvalue weighted by Crippen LogP contribution is 2.55. The average Bonchev–Trinajstić information content (AvgIpc) is 3.75. The smallest absolute Gasteiger partial charge is 0.382 e. The van der Waals surface area contributed by atoms with E-state index in [-0.39, 0.29) is 33.8 Å². The number of halogens is 1. The molecule has 2 bridgehead atoms. The molecule has 6 N–H and O–H groups in total. The quantitative estimate of drug-likeness (QED) is 0.220. The summed E-state index contributed by atoms with van der Waals surface area (Å²) in [6, 6.07) is 0. The van der Waals surface area contributed by atoms with E-state index in [0.29, 0.717) is 4.88 Å². The molecule has 0 aromatic carbocycles. The van der Waals surface area contributed by atoms with Crippen LogP contribution in [0, 0.1) is 0 Å². The Hall–Kier alpha value is -2.94. The number of nitrogens with two attached hydrogens (primary N) is 2. The van der Waals surface area contributed by atoms with Crippen LogP contribution in [0.4, 0.5) is 16.2 Å². The molecule has 2 unspecified atom stereocenters. The van der Waals surface area contributed by atoms with E-state index in [2.05, 4.69) is 24.9 Å². The lowest BCUT2D eigenvalue weighted by molar-refractivity contribution is -0.0506. The van der Waals surface area contributed by atoms with E-state index in [9.17, 15) is 18.8 Å².